The van der Waals surface area contributed by atoms with Gasteiger partial charge in [-0.3, -0.25) is 14.5 Å². The van der Waals surface area contributed by atoms with Crippen LogP contribution in [0, 0.1) is 0 Å². The molecule has 0 bridgehead atoms. The summed E-state index contributed by atoms with van der Waals surface area (Å²) in [5.41, 5.74) is 0.300. The molecule has 0 unspecified atom stereocenters. The minimum absolute atomic E-state index is 0.244. The van der Waals surface area contributed by atoms with E-state index >= 15 is 0 Å². The van der Waals surface area contributed by atoms with Crippen LogP contribution in [0.1, 0.15) is 33.8 Å². The third kappa shape index (κ3) is 2.03. The van der Waals surface area contributed by atoms with Crippen LogP contribution in [0.15, 0.2) is 29.8 Å². The van der Waals surface area contributed by atoms with E-state index in [0.29, 0.717) is 12.1 Å². The summed E-state index contributed by atoms with van der Waals surface area (Å²) < 4.78 is 0. The number of nitrogens with zero attached hydrogens (tertiary/aromatic N) is 1. The third-order valence-corrected chi connectivity index (χ3v) is 5.52. The molecular formula is C16H15N3O3S. The van der Waals surface area contributed by atoms with Crippen molar-refractivity contribution in [3.63, 3.8) is 0 Å². The first-order chi connectivity index (χ1) is 11.1. The number of aryl methyl sites for hydroxylation is 1. The number of carbonyl (C=O) groups excluding carboxylic acids is 3. The molecule has 0 radical (unpaired) electrons. The Balaban J connectivity index is 1.64. The Morgan fingerprint density at radius 1 is 1.35 bits per heavy atom. The molecule has 6 nitrogen and oxygen atoms in total. The van der Waals surface area contributed by atoms with Gasteiger partial charge in [0.1, 0.15) is 5.54 Å². The van der Waals surface area contributed by atoms with Gasteiger partial charge in [-0.15, -0.1) is 11.3 Å². The molecule has 1 fully saturated rings. The molecule has 0 aromatic carbocycles. The van der Waals surface area contributed by atoms with Crippen LogP contribution in [0.25, 0.3) is 0 Å². The predicted molar refractivity (Wildman–Crippen MR) is 84.3 cm³/mol. The number of imide groups is 1. The number of hydrogen-bond acceptors (Lipinski definition) is 4. The summed E-state index contributed by atoms with van der Waals surface area (Å²) in [4.78, 5) is 42.5. The first-order valence-corrected chi connectivity index (χ1v) is 8.37. The fourth-order valence-corrected chi connectivity index (χ4v) is 4.42. The minimum Gasteiger partial charge on any atom is -0.359 e. The molecule has 2 aromatic heterocycles. The molecule has 1 aliphatic carbocycles. The molecule has 1 saturated heterocycles. The topological polar surface area (TPSA) is 82.3 Å². The number of urea groups is 1. The molecule has 2 N–H and O–H groups in total. The number of aromatic nitrogens is 1. The Morgan fingerprint density at radius 3 is 3.00 bits per heavy atom. The Bertz CT molecular complexity index is 795. The second-order valence-electron chi connectivity index (χ2n) is 5.84. The molecule has 4 rings (SSSR count). The zero-order valence-corrected chi connectivity index (χ0v) is 13.1. The van der Waals surface area contributed by atoms with E-state index in [1.54, 1.807) is 29.7 Å². The van der Waals surface area contributed by atoms with Crippen LogP contribution in [0.3, 0.4) is 0 Å². The summed E-state index contributed by atoms with van der Waals surface area (Å²) in [7, 11) is 0. The number of carbonyl (C=O) groups is 3. The van der Waals surface area contributed by atoms with E-state index in [9.17, 15) is 14.4 Å². The highest BCUT2D eigenvalue weighted by Gasteiger charge is 2.54. The van der Waals surface area contributed by atoms with Crippen molar-refractivity contribution in [2.75, 3.05) is 6.54 Å². The molecular weight excluding hydrogens is 314 g/mol. The van der Waals surface area contributed by atoms with Crippen LogP contribution in [0.2, 0.25) is 0 Å². The monoisotopic (exact) mass is 329 g/mol. The molecule has 1 aliphatic heterocycles. The van der Waals surface area contributed by atoms with Gasteiger partial charge in [0.15, 0.2) is 5.78 Å². The molecule has 1 atom stereocenters. The van der Waals surface area contributed by atoms with E-state index in [2.05, 4.69) is 10.3 Å². The van der Waals surface area contributed by atoms with E-state index in [1.165, 1.54) is 0 Å². The largest absolute Gasteiger partial charge is 0.359 e. The van der Waals surface area contributed by atoms with Gasteiger partial charge in [0.25, 0.3) is 5.91 Å². The van der Waals surface area contributed by atoms with Gasteiger partial charge < -0.3 is 10.3 Å². The number of rotatable bonds is 3. The van der Waals surface area contributed by atoms with Crippen LogP contribution in [-0.2, 0) is 16.8 Å². The molecule has 2 aliphatic rings. The lowest BCUT2D eigenvalue weighted by Crippen LogP contribution is -2.46. The van der Waals surface area contributed by atoms with Gasteiger partial charge in [-0.25, -0.2) is 4.79 Å². The fourth-order valence-electron chi connectivity index (χ4n) is 3.42. The third-order valence-electron chi connectivity index (χ3n) is 4.54. The van der Waals surface area contributed by atoms with E-state index in [1.807, 2.05) is 11.4 Å². The smallest absolute Gasteiger partial charge is 0.325 e. The van der Waals surface area contributed by atoms with E-state index in [0.717, 1.165) is 28.2 Å². The van der Waals surface area contributed by atoms with Crippen molar-refractivity contribution in [3.8, 4) is 0 Å². The van der Waals surface area contributed by atoms with Crippen molar-refractivity contribution in [2.24, 2.45) is 0 Å². The summed E-state index contributed by atoms with van der Waals surface area (Å²) in [5.74, 6) is -0.598. The number of thiophene rings is 1. The number of H-pyrrole nitrogens is 1. The first-order valence-electron chi connectivity index (χ1n) is 7.49. The van der Waals surface area contributed by atoms with Crippen LogP contribution >= 0.6 is 11.3 Å². The summed E-state index contributed by atoms with van der Waals surface area (Å²) in [6, 6.07) is 4.76. The Kier molecular flexibility index (Phi) is 3.12. The van der Waals surface area contributed by atoms with Crippen molar-refractivity contribution < 1.29 is 14.4 Å². The van der Waals surface area contributed by atoms with Crippen molar-refractivity contribution >= 4 is 29.1 Å². The lowest BCUT2D eigenvalue weighted by atomic mass is 9.80. The number of amides is 3. The van der Waals surface area contributed by atoms with Crippen LogP contribution in [0.4, 0.5) is 4.79 Å². The summed E-state index contributed by atoms with van der Waals surface area (Å²) in [6.45, 7) is -0.244. The maximum atomic E-state index is 12.9. The van der Waals surface area contributed by atoms with Gasteiger partial charge in [-0.1, -0.05) is 0 Å². The number of nitrogens with one attached hydrogen (secondary N) is 2. The SMILES string of the molecule is O=C(CN1C(=O)N[C@@]2(CCCc3sccc32)C1=O)c1ccc[nH]1. The number of fused-ring (bicyclic) bond motifs is 2. The average molecular weight is 329 g/mol. The van der Waals surface area contributed by atoms with Gasteiger partial charge in [0, 0.05) is 16.6 Å². The van der Waals surface area contributed by atoms with Crippen molar-refractivity contribution in [1.82, 2.24) is 15.2 Å². The Morgan fingerprint density at radius 2 is 2.22 bits per heavy atom. The molecule has 118 valence electrons. The predicted octanol–water partition coefficient (Wildman–Crippen LogP) is 2.04. The van der Waals surface area contributed by atoms with E-state index in [-0.39, 0.29) is 18.2 Å². The van der Waals surface area contributed by atoms with Gasteiger partial charge >= 0.3 is 6.03 Å². The lowest BCUT2D eigenvalue weighted by Gasteiger charge is -2.31. The van der Waals surface area contributed by atoms with Gasteiger partial charge in [0.05, 0.1) is 12.2 Å². The van der Waals surface area contributed by atoms with Crippen LogP contribution in [0.5, 0.6) is 0 Å². The van der Waals surface area contributed by atoms with Crippen molar-refractivity contribution in [3.05, 3.63) is 45.9 Å². The standard InChI is InChI=1S/C16H15N3O3S/c20-12(11-3-2-7-17-11)9-19-14(21)16(18-15(19)22)6-1-4-13-10(16)5-8-23-13/h2-3,5,7-8,17H,1,4,6,9H2,(H,18,22)/t16-/m1/s1. The Hall–Kier alpha value is -2.41. The average Bonchev–Trinajstić information content (AvgIpc) is 3.25. The quantitative estimate of drug-likeness (QED) is 0.668. The lowest BCUT2D eigenvalue weighted by molar-refractivity contribution is -0.131. The normalized spacial score (nSPS) is 23.2. The maximum Gasteiger partial charge on any atom is 0.325 e. The minimum atomic E-state index is -0.985. The number of Topliss-reactive ketones (excluding diaryl/α,β-unsaturated/α-hetero) is 1. The van der Waals surface area contributed by atoms with Gasteiger partial charge in [-0.2, -0.15) is 0 Å². The molecule has 2 aromatic rings. The van der Waals surface area contributed by atoms with Crippen LogP contribution < -0.4 is 5.32 Å². The number of hydrogen-bond donors (Lipinski definition) is 2. The zero-order chi connectivity index (χ0) is 16.0. The summed E-state index contributed by atoms with van der Waals surface area (Å²) in [6.07, 6.45) is 3.99. The molecule has 3 amide bonds. The van der Waals surface area contributed by atoms with E-state index in [4.69, 9.17) is 0 Å². The highest BCUT2D eigenvalue weighted by atomic mass is 32.1. The fraction of sp³-hybridized carbons (Fsp3) is 0.312. The number of aromatic amines is 1. The molecule has 23 heavy (non-hydrogen) atoms. The molecule has 3 heterocycles. The molecule has 1 spiro atoms. The Labute approximate surface area is 136 Å². The van der Waals surface area contributed by atoms with Gasteiger partial charge in [-0.05, 0) is 42.8 Å². The second-order valence-corrected chi connectivity index (χ2v) is 6.85. The maximum absolute atomic E-state index is 12.9. The second kappa shape index (κ2) is 5.06. The zero-order valence-electron chi connectivity index (χ0n) is 12.3. The van der Waals surface area contributed by atoms with Crippen LogP contribution in [-0.4, -0.2) is 34.2 Å². The van der Waals surface area contributed by atoms with Crippen molar-refractivity contribution in [2.45, 2.75) is 24.8 Å². The highest BCUT2D eigenvalue weighted by molar-refractivity contribution is 7.10. The molecule has 0 saturated carbocycles. The summed E-state index contributed by atoms with van der Waals surface area (Å²) >= 11 is 1.61. The molecule has 7 heteroatoms. The number of ketones is 1. The summed E-state index contributed by atoms with van der Waals surface area (Å²) in [5, 5.41) is 4.79. The first kappa shape index (κ1) is 14.2. The van der Waals surface area contributed by atoms with E-state index < -0.39 is 11.6 Å². The highest BCUT2D eigenvalue weighted by Crippen LogP contribution is 2.42. The van der Waals surface area contributed by atoms with Crippen molar-refractivity contribution in [1.29, 1.82) is 0 Å². The van der Waals surface area contributed by atoms with Gasteiger partial charge in [0.2, 0.25) is 0 Å².